The summed E-state index contributed by atoms with van der Waals surface area (Å²) >= 11 is 3.22. The van der Waals surface area contributed by atoms with Gasteiger partial charge in [0.15, 0.2) is 0 Å². The maximum Gasteiger partial charge on any atom is 0.335 e. The molecule has 2 amide bonds. The van der Waals surface area contributed by atoms with Crippen molar-refractivity contribution in [2.24, 2.45) is 5.41 Å². The number of nitrogens with zero attached hydrogens (tertiary/aromatic N) is 1. The van der Waals surface area contributed by atoms with Crippen molar-refractivity contribution >= 4 is 33.7 Å². The van der Waals surface area contributed by atoms with Crippen molar-refractivity contribution in [1.82, 2.24) is 10.2 Å². The van der Waals surface area contributed by atoms with Crippen LogP contribution in [0.3, 0.4) is 0 Å². The maximum absolute atomic E-state index is 12.5. The number of carbonyl (C=O) groups excluding carboxylic acids is 2. The Morgan fingerprint density at radius 2 is 1.75 bits per heavy atom. The van der Waals surface area contributed by atoms with Gasteiger partial charge in [-0.05, 0) is 31.0 Å². The highest BCUT2D eigenvalue weighted by Gasteiger charge is 2.42. The highest BCUT2D eigenvalue weighted by molar-refractivity contribution is 9.10. The second-order valence-electron chi connectivity index (χ2n) is 6.40. The summed E-state index contributed by atoms with van der Waals surface area (Å²) in [7, 11) is 3.44. The third-order valence-electron chi connectivity index (χ3n) is 4.41. The van der Waals surface area contributed by atoms with Gasteiger partial charge >= 0.3 is 5.97 Å². The molecule has 0 aliphatic heterocycles. The third-order valence-corrected chi connectivity index (χ3v) is 4.87. The first-order valence-corrected chi connectivity index (χ1v) is 8.58. The number of carboxylic acid groups (broad SMARTS) is 1. The van der Waals surface area contributed by atoms with E-state index in [-0.39, 0.29) is 29.5 Å². The topological polar surface area (TPSA) is 86.7 Å². The van der Waals surface area contributed by atoms with Crippen LogP contribution in [0.2, 0.25) is 0 Å². The first kappa shape index (κ1) is 18.4. The maximum atomic E-state index is 12.5. The van der Waals surface area contributed by atoms with E-state index in [9.17, 15) is 14.4 Å². The molecule has 1 saturated carbocycles. The lowest BCUT2D eigenvalue weighted by molar-refractivity contribution is -0.138. The molecule has 1 aliphatic rings. The van der Waals surface area contributed by atoms with Gasteiger partial charge < -0.3 is 15.3 Å². The van der Waals surface area contributed by atoms with Crippen molar-refractivity contribution in [2.75, 3.05) is 20.6 Å². The van der Waals surface area contributed by atoms with Gasteiger partial charge in [0.25, 0.3) is 5.91 Å². The van der Waals surface area contributed by atoms with E-state index in [0.29, 0.717) is 4.47 Å². The van der Waals surface area contributed by atoms with Gasteiger partial charge in [0.2, 0.25) is 5.91 Å². The fraction of sp³-hybridized carbons (Fsp3) is 0.471. The molecule has 0 atom stereocenters. The second kappa shape index (κ2) is 7.34. The van der Waals surface area contributed by atoms with E-state index >= 15 is 0 Å². The van der Waals surface area contributed by atoms with Crippen LogP contribution < -0.4 is 5.32 Å². The van der Waals surface area contributed by atoms with Gasteiger partial charge in [-0.2, -0.15) is 0 Å². The molecule has 6 nitrogen and oxygen atoms in total. The normalized spacial score (nSPS) is 15.8. The molecule has 1 fully saturated rings. The molecule has 1 aliphatic carbocycles. The Morgan fingerprint density at radius 3 is 2.29 bits per heavy atom. The first-order valence-electron chi connectivity index (χ1n) is 7.79. The molecule has 130 valence electrons. The molecule has 0 heterocycles. The molecular weight excluding hydrogens is 376 g/mol. The number of nitrogens with one attached hydrogen (secondary N) is 1. The van der Waals surface area contributed by atoms with Gasteiger partial charge in [0.1, 0.15) is 0 Å². The number of hydrogen-bond acceptors (Lipinski definition) is 3. The summed E-state index contributed by atoms with van der Waals surface area (Å²) in [5.41, 5.74) is -0.262. The van der Waals surface area contributed by atoms with Gasteiger partial charge in [0, 0.05) is 30.7 Å². The highest BCUT2D eigenvalue weighted by atomic mass is 79.9. The summed E-state index contributed by atoms with van der Waals surface area (Å²) in [5.74, 6) is -1.45. The monoisotopic (exact) mass is 396 g/mol. The zero-order valence-electron chi connectivity index (χ0n) is 13.8. The van der Waals surface area contributed by atoms with Crippen LogP contribution in [0.4, 0.5) is 0 Å². The lowest BCUT2D eigenvalue weighted by atomic mass is 9.84. The molecule has 1 aromatic carbocycles. The largest absolute Gasteiger partial charge is 0.478 e. The van der Waals surface area contributed by atoms with E-state index in [1.54, 1.807) is 25.1 Å². The molecule has 0 aromatic heterocycles. The summed E-state index contributed by atoms with van der Waals surface area (Å²) in [4.78, 5) is 37.6. The molecule has 0 spiro atoms. The second-order valence-corrected chi connectivity index (χ2v) is 7.32. The van der Waals surface area contributed by atoms with E-state index in [1.165, 1.54) is 12.1 Å². The molecule has 7 heteroatoms. The number of hydrogen-bond donors (Lipinski definition) is 2. The van der Waals surface area contributed by atoms with Crippen LogP contribution in [0, 0.1) is 5.41 Å². The fourth-order valence-corrected chi connectivity index (χ4v) is 3.68. The van der Waals surface area contributed by atoms with Crippen molar-refractivity contribution in [3.05, 3.63) is 33.8 Å². The van der Waals surface area contributed by atoms with Crippen molar-refractivity contribution in [3.8, 4) is 0 Å². The summed E-state index contributed by atoms with van der Waals surface area (Å²) in [6, 6.07) is 4.33. The highest BCUT2D eigenvalue weighted by Crippen LogP contribution is 2.39. The Hall–Kier alpha value is -1.89. The van der Waals surface area contributed by atoms with E-state index < -0.39 is 11.4 Å². The van der Waals surface area contributed by atoms with Crippen LogP contribution in [0.1, 0.15) is 46.4 Å². The standard InChI is InChI=1S/C17H21BrN2O4/c1-20(2)16(24)17(5-3-4-6-17)10-19-14(21)11-7-12(15(22)23)9-13(18)8-11/h7-9H,3-6,10H2,1-2H3,(H,19,21)(H,22,23). The lowest BCUT2D eigenvalue weighted by Gasteiger charge is -2.30. The molecule has 0 unspecified atom stereocenters. The Kier molecular flexibility index (Phi) is 5.64. The number of carboxylic acids is 1. The summed E-state index contributed by atoms with van der Waals surface area (Å²) in [6.45, 7) is 0.262. The van der Waals surface area contributed by atoms with E-state index in [0.717, 1.165) is 25.7 Å². The van der Waals surface area contributed by atoms with E-state index in [1.807, 2.05) is 0 Å². The van der Waals surface area contributed by atoms with Gasteiger partial charge in [-0.25, -0.2) is 4.79 Å². The minimum atomic E-state index is -1.10. The molecule has 1 aromatic rings. The Morgan fingerprint density at radius 1 is 1.17 bits per heavy atom. The predicted octanol–water partition coefficient (Wildman–Crippen LogP) is 2.53. The molecule has 2 rings (SSSR count). The number of benzene rings is 1. The van der Waals surface area contributed by atoms with Crippen LogP contribution in [0.15, 0.2) is 22.7 Å². The molecular formula is C17H21BrN2O4. The predicted molar refractivity (Wildman–Crippen MR) is 93.0 cm³/mol. The van der Waals surface area contributed by atoms with Crippen molar-refractivity contribution < 1.29 is 19.5 Å². The van der Waals surface area contributed by atoms with Crippen LogP contribution in [0.25, 0.3) is 0 Å². The molecule has 24 heavy (non-hydrogen) atoms. The zero-order valence-corrected chi connectivity index (χ0v) is 15.4. The Labute approximate surface area is 149 Å². The molecule has 0 saturated heterocycles. The summed E-state index contributed by atoms with van der Waals surface area (Å²) in [5, 5.41) is 11.9. The lowest BCUT2D eigenvalue weighted by Crippen LogP contribution is -2.46. The number of halogens is 1. The van der Waals surface area contributed by atoms with Crippen LogP contribution >= 0.6 is 15.9 Å². The van der Waals surface area contributed by atoms with Gasteiger partial charge in [-0.1, -0.05) is 28.8 Å². The smallest absolute Gasteiger partial charge is 0.335 e. The van der Waals surface area contributed by atoms with Crippen molar-refractivity contribution in [2.45, 2.75) is 25.7 Å². The number of rotatable bonds is 5. The quantitative estimate of drug-likeness (QED) is 0.800. The van der Waals surface area contributed by atoms with E-state index in [4.69, 9.17) is 5.11 Å². The van der Waals surface area contributed by atoms with Gasteiger partial charge in [0.05, 0.1) is 11.0 Å². The minimum absolute atomic E-state index is 0.0285. The SMILES string of the molecule is CN(C)C(=O)C1(CNC(=O)c2cc(Br)cc(C(=O)O)c2)CCCC1. The third kappa shape index (κ3) is 3.95. The minimum Gasteiger partial charge on any atom is -0.478 e. The van der Waals surface area contributed by atoms with Gasteiger partial charge in [-0.3, -0.25) is 9.59 Å². The Balaban J connectivity index is 2.15. The number of carbonyl (C=O) groups is 3. The zero-order chi connectivity index (χ0) is 17.9. The number of aromatic carboxylic acids is 1. The van der Waals surface area contributed by atoms with Crippen LogP contribution in [-0.2, 0) is 4.79 Å². The first-order chi connectivity index (χ1) is 11.2. The average molecular weight is 397 g/mol. The molecule has 0 bridgehead atoms. The van der Waals surface area contributed by atoms with Crippen LogP contribution in [-0.4, -0.2) is 48.4 Å². The molecule has 2 N–H and O–H groups in total. The van der Waals surface area contributed by atoms with E-state index in [2.05, 4.69) is 21.2 Å². The summed E-state index contributed by atoms with van der Waals surface area (Å²) < 4.78 is 0.521. The molecule has 0 radical (unpaired) electrons. The summed E-state index contributed by atoms with van der Waals surface area (Å²) in [6.07, 6.45) is 3.44. The van der Waals surface area contributed by atoms with Crippen molar-refractivity contribution in [1.29, 1.82) is 0 Å². The van der Waals surface area contributed by atoms with Crippen LogP contribution in [0.5, 0.6) is 0 Å². The van der Waals surface area contributed by atoms with Crippen molar-refractivity contribution in [3.63, 3.8) is 0 Å². The van der Waals surface area contributed by atoms with Gasteiger partial charge in [-0.15, -0.1) is 0 Å². The Bertz CT molecular complexity index is 667. The number of amides is 2. The average Bonchev–Trinajstić information content (AvgIpc) is 3.01. The fourth-order valence-electron chi connectivity index (χ4n) is 3.19.